The first kappa shape index (κ1) is 18.9. The van der Waals surface area contributed by atoms with Gasteiger partial charge in [0.1, 0.15) is 5.76 Å². The molecule has 28 heavy (non-hydrogen) atoms. The summed E-state index contributed by atoms with van der Waals surface area (Å²) in [6.45, 7) is 3.41. The third-order valence-electron chi connectivity index (χ3n) is 5.59. The van der Waals surface area contributed by atoms with Gasteiger partial charge in [-0.25, -0.2) is 4.79 Å². The second-order valence-electron chi connectivity index (χ2n) is 7.39. The van der Waals surface area contributed by atoms with Crippen molar-refractivity contribution in [3.63, 3.8) is 0 Å². The van der Waals surface area contributed by atoms with E-state index in [2.05, 4.69) is 4.90 Å². The molecule has 1 saturated heterocycles. The van der Waals surface area contributed by atoms with E-state index in [1.165, 1.54) is 12.0 Å². The second kappa shape index (κ2) is 9.18. The molecule has 2 fully saturated rings. The zero-order valence-electron chi connectivity index (χ0n) is 16.2. The van der Waals surface area contributed by atoms with Crippen molar-refractivity contribution >= 4 is 11.7 Å². The monoisotopic (exact) mass is 377 g/mol. The lowest BCUT2D eigenvalue weighted by atomic mass is 9.86. The van der Waals surface area contributed by atoms with E-state index >= 15 is 0 Å². The average molecular weight is 377 g/mol. The number of esters is 1. The van der Waals surface area contributed by atoms with Crippen molar-refractivity contribution in [3.8, 4) is 0 Å². The normalized spacial score (nSPS) is 22.5. The number of hydrogen-bond acceptors (Lipinski definition) is 4. The first-order valence-electron chi connectivity index (χ1n) is 10.2. The first-order chi connectivity index (χ1) is 13.8. The van der Waals surface area contributed by atoms with Crippen molar-refractivity contribution in [3.05, 3.63) is 77.4 Å². The molecule has 0 spiro atoms. The maximum absolute atomic E-state index is 12.9. The minimum absolute atomic E-state index is 0.293. The summed E-state index contributed by atoms with van der Waals surface area (Å²) in [6, 6.07) is 19.6. The second-order valence-corrected chi connectivity index (χ2v) is 7.39. The Morgan fingerprint density at radius 2 is 1.54 bits per heavy atom. The molecular weight excluding hydrogens is 350 g/mol. The molecule has 1 saturated carbocycles. The molecule has 4 heteroatoms. The lowest BCUT2D eigenvalue weighted by Crippen LogP contribution is -2.45. The van der Waals surface area contributed by atoms with Crippen LogP contribution in [-0.4, -0.2) is 43.2 Å². The van der Waals surface area contributed by atoms with Crippen LogP contribution >= 0.6 is 0 Å². The van der Waals surface area contributed by atoms with Gasteiger partial charge in [0.2, 0.25) is 0 Å². The molecule has 0 unspecified atom stereocenters. The third-order valence-corrected chi connectivity index (χ3v) is 5.59. The fraction of sp³-hybridized carbons (Fsp3) is 0.375. The summed E-state index contributed by atoms with van der Waals surface area (Å²) in [6.07, 6.45) is 4.42. The largest absolute Gasteiger partial charge is 0.422 e. The van der Waals surface area contributed by atoms with Gasteiger partial charge in [-0.05, 0) is 37.0 Å². The standard InChI is InChI=1S/C24H27NO3/c26-24(20-11-5-2-6-12-20)28-23(19-9-3-1-4-10-19)21-13-7-8-14-22(21)25-15-17-27-18-16-25/h1-6,9-12,22H,7-8,13-18H2/t22-/m0/s1. The van der Waals surface area contributed by atoms with E-state index in [4.69, 9.17) is 9.47 Å². The van der Waals surface area contributed by atoms with Gasteiger partial charge < -0.3 is 9.47 Å². The van der Waals surface area contributed by atoms with Crippen molar-refractivity contribution in [1.29, 1.82) is 0 Å². The molecule has 146 valence electrons. The lowest BCUT2D eigenvalue weighted by Gasteiger charge is -2.39. The first-order valence-corrected chi connectivity index (χ1v) is 10.2. The van der Waals surface area contributed by atoms with Crippen molar-refractivity contribution in [2.45, 2.75) is 31.7 Å². The van der Waals surface area contributed by atoms with Gasteiger partial charge in [0.15, 0.2) is 0 Å². The van der Waals surface area contributed by atoms with E-state index in [-0.39, 0.29) is 5.97 Å². The van der Waals surface area contributed by atoms with E-state index in [9.17, 15) is 4.79 Å². The highest BCUT2D eigenvalue weighted by Gasteiger charge is 2.30. The van der Waals surface area contributed by atoms with Crippen molar-refractivity contribution in [2.24, 2.45) is 0 Å². The van der Waals surface area contributed by atoms with Crippen LogP contribution in [0, 0.1) is 0 Å². The van der Waals surface area contributed by atoms with Crippen molar-refractivity contribution in [1.82, 2.24) is 4.90 Å². The molecule has 0 bridgehead atoms. The van der Waals surface area contributed by atoms with Crippen LogP contribution in [-0.2, 0) is 9.47 Å². The molecule has 1 atom stereocenters. The number of carbonyl (C=O) groups excluding carboxylic acids is 1. The van der Waals surface area contributed by atoms with Crippen molar-refractivity contribution < 1.29 is 14.3 Å². The topological polar surface area (TPSA) is 38.8 Å². The van der Waals surface area contributed by atoms with Gasteiger partial charge in [-0.3, -0.25) is 4.90 Å². The van der Waals surface area contributed by atoms with Crippen LogP contribution in [0.25, 0.3) is 5.76 Å². The number of carbonyl (C=O) groups is 1. The molecule has 1 heterocycles. The Hall–Kier alpha value is -2.43. The average Bonchev–Trinajstić information content (AvgIpc) is 2.79. The van der Waals surface area contributed by atoms with Crippen LogP contribution in [0.15, 0.2) is 66.2 Å². The molecule has 0 N–H and O–H groups in total. The summed E-state index contributed by atoms with van der Waals surface area (Å²) in [7, 11) is 0. The molecule has 1 aliphatic carbocycles. The Morgan fingerprint density at radius 3 is 2.21 bits per heavy atom. The van der Waals surface area contributed by atoms with Gasteiger partial charge >= 0.3 is 5.97 Å². The third kappa shape index (κ3) is 4.34. The minimum Gasteiger partial charge on any atom is -0.422 e. The summed E-state index contributed by atoms with van der Waals surface area (Å²) in [5, 5.41) is 0. The Morgan fingerprint density at radius 1 is 0.893 bits per heavy atom. The maximum atomic E-state index is 12.9. The highest BCUT2D eigenvalue weighted by Crippen LogP contribution is 2.35. The van der Waals surface area contributed by atoms with E-state index in [0.29, 0.717) is 11.6 Å². The number of morpholine rings is 1. The summed E-state index contributed by atoms with van der Waals surface area (Å²) < 4.78 is 11.6. The van der Waals surface area contributed by atoms with Gasteiger partial charge in [0.05, 0.1) is 18.8 Å². The molecule has 2 aromatic carbocycles. The molecule has 0 aromatic heterocycles. The zero-order valence-corrected chi connectivity index (χ0v) is 16.2. The highest BCUT2D eigenvalue weighted by molar-refractivity contribution is 5.93. The summed E-state index contributed by atoms with van der Waals surface area (Å²) in [4.78, 5) is 15.4. The molecule has 0 amide bonds. The number of ether oxygens (including phenoxy) is 2. The van der Waals surface area contributed by atoms with E-state index in [1.807, 2.05) is 48.5 Å². The van der Waals surface area contributed by atoms with E-state index < -0.39 is 0 Å². The lowest BCUT2D eigenvalue weighted by molar-refractivity contribution is 0.0186. The van der Waals surface area contributed by atoms with Crippen LogP contribution in [0.4, 0.5) is 0 Å². The quantitative estimate of drug-likeness (QED) is 0.580. The van der Waals surface area contributed by atoms with Crippen molar-refractivity contribution in [2.75, 3.05) is 26.3 Å². The van der Waals surface area contributed by atoms with Gasteiger partial charge in [0, 0.05) is 24.7 Å². The predicted molar refractivity (Wildman–Crippen MR) is 110 cm³/mol. The highest BCUT2D eigenvalue weighted by atomic mass is 16.5. The maximum Gasteiger partial charge on any atom is 0.343 e. The van der Waals surface area contributed by atoms with Crippen LogP contribution < -0.4 is 0 Å². The molecule has 2 aliphatic rings. The Kier molecular flexibility index (Phi) is 6.20. The van der Waals surface area contributed by atoms with Crippen LogP contribution in [0.2, 0.25) is 0 Å². The Balaban J connectivity index is 1.71. The molecular formula is C24H27NO3. The SMILES string of the molecule is O=C(OC(=C1CCCC[C@@H]1N1CCOCC1)c1ccccc1)c1ccccc1. The van der Waals surface area contributed by atoms with Gasteiger partial charge in [-0.15, -0.1) is 0 Å². The smallest absolute Gasteiger partial charge is 0.343 e. The molecule has 0 radical (unpaired) electrons. The van der Waals surface area contributed by atoms with Crippen LogP contribution in [0.5, 0.6) is 0 Å². The fourth-order valence-corrected chi connectivity index (χ4v) is 4.18. The Labute approximate surface area is 166 Å². The predicted octanol–water partition coefficient (Wildman–Crippen LogP) is 4.53. The number of hydrogen-bond donors (Lipinski definition) is 0. The van der Waals surface area contributed by atoms with Crippen LogP contribution in [0.1, 0.15) is 41.6 Å². The molecule has 1 aliphatic heterocycles. The van der Waals surface area contributed by atoms with E-state index in [1.54, 1.807) is 12.1 Å². The number of rotatable bonds is 4. The van der Waals surface area contributed by atoms with Gasteiger partial charge in [-0.2, -0.15) is 0 Å². The van der Waals surface area contributed by atoms with Crippen LogP contribution in [0.3, 0.4) is 0 Å². The molecule has 2 aromatic rings. The molecule has 4 nitrogen and oxygen atoms in total. The van der Waals surface area contributed by atoms with Gasteiger partial charge in [-0.1, -0.05) is 55.0 Å². The zero-order chi connectivity index (χ0) is 19.2. The van der Waals surface area contributed by atoms with E-state index in [0.717, 1.165) is 56.9 Å². The number of nitrogens with zero attached hydrogens (tertiary/aromatic N) is 1. The minimum atomic E-state index is -0.293. The summed E-state index contributed by atoms with van der Waals surface area (Å²) in [5.74, 6) is 0.448. The van der Waals surface area contributed by atoms with Gasteiger partial charge in [0.25, 0.3) is 0 Å². The molecule has 4 rings (SSSR count). The number of benzene rings is 2. The fourth-order valence-electron chi connectivity index (χ4n) is 4.18. The Bertz CT molecular complexity index is 810. The summed E-state index contributed by atoms with van der Waals surface area (Å²) >= 11 is 0. The summed E-state index contributed by atoms with van der Waals surface area (Å²) in [5.41, 5.74) is 2.81.